The zero-order chi connectivity index (χ0) is 16.8. The maximum absolute atomic E-state index is 12.4. The summed E-state index contributed by atoms with van der Waals surface area (Å²) in [5, 5.41) is 0. The maximum atomic E-state index is 12.4. The minimum absolute atomic E-state index is 0.0515. The number of sulfonamides is 1. The number of hydrogen-bond acceptors (Lipinski definition) is 4. The van der Waals surface area contributed by atoms with Gasteiger partial charge in [-0.05, 0) is 31.4 Å². The Morgan fingerprint density at radius 1 is 1.23 bits per heavy atom. The van der Waals surface area contributed by atoms with Crippen LogP contribution >= 0.6 is 0 Å². The molecule has 124 valence electrons. The van der Waals surface area contributed by atoms with Crippen LogP contribution < -0.4 is 4.72 Å². The third kappa shape index (κ3) is 6.15. The predicted octanol–water partition coefficient (Wildman–Crippen LogP) is 2.64. The lowest BCUT2D eigenvalue weighted by Crippen LogP contribution is -2.39. The molecule has 1 N–H and O–H groups in total. The van der Waals surface area contributed by atoms with Crippen LogP contribution in [-0.4, -0.2) is 27.0 Å². The molecular formula is C16H25NO4S. The second-order valence-electron chi connectivity index (χ2n) is 5.80. The molecule has 1 aromatic carbocycles. The zero-order valence-electron chi connectivity index (χ0n) is 13.6. The number of ether oxygens (including phenoxy) is 1. The largest absolute Gasteiger partial charge is 0.464 e. The van der Waals surface area contributed by atoms with E-state index in [1.807, 2.05) is 20.8 Å². The van der Waals surface area contributed by atoms with Crippen LogP contribution in [0.25, 0.3) is 0 Å². The summed E-state index contributed by atoms with van der Waals surface area (Å²) in [6, 6.07) is 6.22. The molecule has 1 aromatic rings. The van der Waals surface area contributed by atoms with Gasteiger partial charge in [-0.15, -0.1) is 0 Å². The molecule has 0 aromatic heterocycles. The molecule has 0 unspecified atom stereocenters. The molecular weight excluding hydrogens is 302 g/mol. The van der Waals surface area contributed by atoms with Crippen molar-refractivity contribution in [3.63, 3.8) is 0 Å². The molecule has 0 saturated carbocycles. The fourth-order valence-electron chi connectivity index (χ4n) is 2.02. The zero-order valence-corrected chi connectivity index (χ0v) is 14.4. The van der Waals surface area contributed by atoms with E-state index < -0.39 is 16.1 Å². The van der Waals surface area contributed by atoms with Gasteiger partial charge in [-0.25, -0.2) is 13.1 Å². The number of esters is 1. The number of hydrogen-bond donors (Lipinski definition) is 1. The van der Waals surface area contributed by atoms with Crippen LogP contribution in [0.2, 0.25) is 0 Å². The first-order chi connectivity index (χ1) is 10.2. The summed E-state index contributed by atoms with van der Waals surface area (Å²) >= 11 is 0. The molecule has 0 amide bonds. The van der Waals surface area contributed by atoms with Crippen LogP contribution in [0, 0.1) is 12.8 Å². The Morgan fingerprint density at radius 3 is 2.32 bits per heavy atom. The summed E-state index contributed by atoms with van der Waals surface area (Å²) in [6.07, 6.45) is 0.876. The first kappa shape index (κ1) is 18.6. The highest BCUT2D eigenvalue weighted by Crippen LogP contribution is 2.13. The minimum Gasteiger partial charge on any atom is -0.464 e. The molecule has 0 aliphatic rings. The lowest BCUT2D eigenvalue weighted by atomic mass is 10.1. The molecule has 0 fully saturated rings. The number of benzene rings is 1. The summed E-state index contributed by atoms with van der Waals surface area (Å²) in [5.74, 6) is -0.0469. The van der Waals surface area contributed by atoms with Crippen molar-refractivity contribution in [2.75, 3.05) is 6.61 Å². The summed E-state index contributed by atoms with van der Waals surface area (Å²) in [6.45, 7) is 7.64. The Labute approximate surface area is 133 Å². The van der Waals surface area contributed by atoms with Gasteiger partial charge in [-0.1, -0.05) is 38.5 Å². The summed E-state index contributed by atoms with van der Waals surface area (Å²) < 4.78 is 32.5. The third-order valence-electron chi connectivity index (χ3n) is 3.14. The standard InChI is InChI=1S/C16H25NO4S/c1-5-16(18)21-11-14(10-12(2)3)17-22(19,20)15-8-6-13(4)7-9-15/h6-9,12,14,17H,5,10-11H2,1-4H3/t14-/m0/s1. The van der Waals surface area contributed by atoms with Gasteiger partial charge in [0.05, 0.1) is 10.9 Å². The Bertz CT molecular complexity index is 579. The van der Waals surface area contributed by atoms with Gasteiger partial charge in [0.1, 0.15) is 6.61 Å². The van der Waals surface area contributed by atoms with Gasteiger partial charge < -0.3 is 4.74 Å². The van der Waals surface area contributed by atoms with Crippen LogP contribution in [0.15, 0.2) is 29.2 Å². The van der Waals surface area contributed by atoms with E-state index in [0.29, 0.717) is 6.42 Å². The van der Waals surface area contributed by atoms with Crippen molar-refractivity contribution in [3.05, 3.63) is 29.8 Å². The van der Waals surface area contributed by atoms with E-state index in [1.54, 1.807) is 31.2 Å². The monoisotopic (exact) mass is 327 g/mol. The molecule has 1 atom stereocenters. The van der Waals surface area contributed by atoms with Crippen LogP contribution in [0.1, 0.15) is 39.2 Å². The quantitative estimate of drug-likeness (QED) is 0.745. The Hall–Kier alpha value is -1.40. The van der Waals surface area contributed by atoms with E-state index in [1.165, 1.54) is 0 Å². The first-order valence-electron chi connectivity index (χ1n) is 7.49. The van der Waals surface area contributed by atoms with Crippen LogP contribution in [-0.2, 0) is 19.6 Å². The molecule has 1 rings (SSSR count). The van der Waals surface area contributed by atoms with Crippen LogP contribution in [0.5, 0.6) is 0 Å². The van der Waals surface area contributed by atoms with E-state index in [0.717, 1.165) is 5.56 Å². The molecule has 22 heavy (non-hydrogen) atoms. The Morgan fingerprint density at radius 2 is 1.82 bits per heavy atom. The lowest BCUT2D eigenvalue weighted by Gasteiger charge is -2.20. The number of nitrogens with one attached hydrogen (secondary N) is 1. The van der Waals surface area contributed by atoms with E-state index in [-0.39, 0.29) is 29.8 Å². The van der Waals surface area contributed by atoms with Gasteiger partial charge in [-0.2, -0.15) is 0 Å². The maximum Gasteiger partial charge on any atom is 0.305 e. The normalized spacial score (nSPS) is 13.1. The van der Waals surface area contributed by atoms with Gasteiger partial charge in [0.15, 0.2) is 0 Å². The Kier molecular flexibility index (Phi) is 7.03. The van der Waals surface area contributed by atoms with Gasteiger partial charge in [0, 0.05) is 6.42 Å². The molecule has 0 aliphatic heterocycles. The van der Waals surface area contributed by atoms with Crippen LogP contribution in [0.4, 0.5) is 0 Å². The molecule has 0 saturated heterocycles. The average Bonchev–Trinajstić information content (AvgIpc) is 2.44. The molecule has 0 bridgehead atoms. The van der Waals surface area contributed by atoms with Gasteiger partial charge in [0.25, 0.3) is 0 Å². The SMILES string of the molecule is CCC(=O)OC[C@H](CC(C)C)NS(=O)(=O)c1ccc(C)cc1. The molecule has 0 spiro atoms. The molecule has 0 radical (unpaired) electrons. The second-order valence-corrected chi connectivity index (χ2v) is 7.51. The third-order valence-corrected chi connectivity index (χ3v) is 4.68. The fraction of sp³-hybridized carbons (Fsp3) is 0.562. The van der Waals surface area contributed by atoms with E-state index in [9.17, 15) is 13.2 Å². The molecule has 5 nitrogen and oxygen atoms in total. The highest BCUT2D eigenvalue weighted by atomic mass is 32.2. The highest BCUT2D eigenvalue weighted by molar-refractivity contribution is 7.89. The van der Waals surface area contributed by atoms with Crippen molar-refractivity contribution < 1.29 is 17.9 Å². The smallest absolute Gasteiger partial charge is 0.305 e. The molecule has 0 heterocycles. The first-order valence-corrected chi connectivity index (χ1v) is 8.97. The second kappa shape index (κ2) is 8.29. The van der Waals surface area contributed by atoms with E-state index in [2.05, 4.69) is 4.72 Å². The van der Waals surface area contributed by atoms with Crippen molar-refractivity contribution in [3.8, 4) is 0 Å². The van der Waals surface area contributed by atoms with Crippen molar-refractivity contribution in [1.29, 1.82) is 0 Å². The number of carbonyl (C=O) groups excluding carboxylic acids is 1. The van der Waals surface area contributed by atoms with Crippen LogP contribution in [0.3, 0.4) is 0 Å². The number of rotatable bonds is 8. The van der Waals surface area contributed by atoms with E-state index in [4.69, 9.17) is 4.74 Å². The topological polar surface area (TPSA) is 72.5 Å². The van der Waals surface area contributed by atoms with Crippen molar-refractivity contribution in [1.82, 2.24) is 4.72 Å². The summed E-state index contributed by atoms with van der Waals surface area (Å²) in [7, 11) is -3.62. The Balaban J connectivity index is 2.82. The van der Waals surface area contributed by atoms with E-state index >= 15 is 0 Å². The summed E-state index contributed by atoms with van der Waals surface area (Å²) in [4.78, 5) is 11.5. The summed E-state index contributed by atoms with van der Waals surface area (Å²) in [5.41, 5.74) is 0.995. The van der Waals surface area contributed by atoms with Crippen molar-refractivity contribution in [2.45, 2.75) is 51.5 Å². The minimum atomic E-state index is -3.62. The number of carbonyl (C=O) groups is 1. The molecule has 0 aliphatic carbocycles. The lowest BCUT2D eigenvalue weighted by molar-refractivity contribution is -0.144. The predicted molar refractivity (Wildman–Crippen MR) is 86.0 cm³/mol. The van der Waals surface area contributed by atoms with Gasteiger partial charge >= 0.3 is 5.97 Å². The fourth-order valence-corrected chi connectivity index (χ4v) is 3.25. The average molecular weight is 327 g/mol. The van der Waals surface area contributed by atoms with Gasteiger partial charge in [-0.3, -0.25) is 4.79 Å². The molecule has 6 heteroatoms. The van der Waals surface area contributed by atoms with Crippen molar-refractivity contribution in [2.24, 2.45) is 5.92 Å². The van der Waals surface area contributed by atoms with Crippen molar-refractivity contribution >= 4 is 16.0 Å². The van der Waals surface area contributed by atoms with Gasteiger partial charge in [0.2, 0.25) is 10.0 Å². The number of aryl methyl sites for hydroxylation is 1. The highest BCUT2D eigenvalue weighted by Gasteiger charge is 2.22.